The van der Waals surface area contributed by atoms with E-state index in [2.05, 4.69) is 0 Å². The molecule has 1 atom stereocenters. The molecule has 134 valence electrons. The molecule has 1 heterocycles. The topological polar surface area (TPSA) is 63.7 Å². The summed E-state index contributed by atoms with van der Waals surface area (Å²) in [6.45, 7) is 1.38. The van der Waals surface area contributed by atoms with Crippen molar-refractivity contribution >= 4 is 26.6 Å². The van der Waals surface area contributed by atoms with Crippen molar-refractivity contribution in [3.05, 3.63) is 42.5 Å². The molecule has 1 fully saturated rings. The number of rotatable bonds is 5. The first-order valence-electron chi connectivity index (χ1n) is 8.56. The number of sulfone groups is 1. The molecule has 0 unspecified atom stereocenters. The summed E-state index contributed by atoms with van der Waals surface area (Å²) in [4.78, 5) is 14.0. The van der Waals surface area contributed by atoms with Crippen LogP contribution in [0.4, 0.5) is 0 Å². The van der Waals surface area contributed by atoms with Crippen LogP contribution in [0.3, 0.4) is 0 Å². The number of hydrogen-bond donors (Lipinski definition) is 0. The van der Waals surface area contributed by atoms with Crippen LogP contribution in [-0.2, 0) is 19.4 Å². The summed E-state index contributed by atoms with van der Waals surface area (Å²) in [6.07, 6.45) is 2.85. The van der Waals surface area contributed by atoms with Gasteiger partial charge in [-0.2, -0.15) is 0 Å². The highest BCUT2D eigenvalue weighted by atomic mass is 32.2. The zero-order valence-corrected chi connectivity index (χ0v) is 15.2. The number of carbonyl (C=O) groups excluding carboxylic acids is 1. The fraction of sp³-hybridized carbons (Fsp3) is 0.421. The van der Waals surface area contributed by atoms with Gasteiger partial charge in [0.15, 0.2) is 9.84 Å². The van der Waals surface area contributed by atoms with Gasteiger partial charge in [0.25, 0.3) is 0 Å². The van der Waals surface area contributed by atoms with Crippen LogP contribution < -0.4 is 0 Å². The van der Waals surface area contributed by atoms with E-state index < -0.39 is 21.2 Å². The molecule has 1 saturated heterocycles. The number of methoxy groups -OCH3 is 1. The summed E-state index contributed by atoms with van der Waals surface area (Å²) in [6, 6.07) is 12.8. The van der Waals surface area contributed by atoms with E-state index in [9.17, 15) is 13.2 Å². The van der Waals surface area contributed by atoms with Crippen LogP contribution in [0.5, 0.6) is 0 Å². The molecule has 0 spiro atoms. The third-order valence-electron chi connectivity index (χ3n) is 4.77. The zero-order valence-electron chi connectivity index (χ0n) is 14.3. The molecule has 5 nitrogen and oxygen atoms in total. The summed E-state index contributed by atoms with van der Waals surface area (Å²) >= 11 is 0. The average molecular weight is 361 g/mol. The Morgan fingerprint density at radius 2 is 1.76 bits per heavy atom. The molecule has 3 rings (SSSR count). The van der Waals surface area contributed by atoms with Crippen molar-refractivity contribution in [2.45, 2.75) is 36.0 Å². The van der Waals surface area contributed by atoms with E-state index in [4.69, 9.17) is 4.74 Å². The predicted molar refractivity (Wildman–Crippen MR) is 97.0 cm³/mol. The molecule has 2 aromatic carbocycles. The molecular formula is C19H23NO4S. The third-order valence-corrected chi connectivity index (χ3v) is 6.87. The first kappa shape index (κ1) is 17.9. The van der Waals surface area contributed by atoms with Crippen molar-refractivity contribution in [2.75, 3.05) is 20.2 Å². The normalized spacial score (nSPS) is 17.3. The molecule has 25 heavy (non-hydrogen) atoms. The molecule has 0 aliphatic carbocycles. The quantitative estimate of drug-likeness (QED) is 0.766. The van der Waals surface area contributed by atoms with Gasteiger partial charge in [0, 0.05) is 0 Å². The number of piperidine rings is 1. The highest BCUT2D eigenvalue weighted by molar-refractivity contribution is 7.92. The van der Waals surface area contributed by atoms with Crippen LogP contribution in [0.25, 0.3) is 10.8 Å². The monoisotopic (exact) mass is 361 g/mol. The largest absolute Gasteiger partial charge is 0.469 e. The maximum Gasteiger partial charge on any atom is 0.308 e. The number of carbonyl (C=O) groups is 1. The fourth-order valence-electron chi connectivity index (χ4n) is 3.37. The first-order valence-corrected chi connectivity index (χ1v) is 10.1. The molecule has 1 aliphatic rings. The summed E-state index contributed by atoms with van der Waals surface area (Å²) in [5, 5.41) is 0.990. The minimum Gasteiger partial charge on any atom is -0.469 e. The highest BCUT2D eigenvalue weighted by Gasteiger charge is 2.35. The number of likely N-dealkylation sites (tertiary alicyclic amines) is 1. The van der Waals surface area contributed by atoms with Gasteiger partial charge in [0.2, 0.25) is 0 Å². The van der Waals surface area contributed by atoms with Gasteiger partial charge in [-0.1, -0.05) is 36.8 Å². The predicted octanol–water partition coefficient (Wildman–Crippen LogP) is 2.99. The molecule has 0 amide bonds. The van der Waals surface area contributed by atoms with Crippen LogP contribution >= 0.6 is 0 Å². The molecular weight excluding hydrogens is 338 g/mol. The minimum absolute atomic E-state index is 0.147. The van der Waals surface area contributed by atoms with E-state index in [1.54, 1.807) is 12.1 Å². The fourth-order valence-corrected chi connectivity index (χ4v) is 5.19. The van der Waals surface area contributed by atoms with Crippen LogP contribution in [0, 0.1) is 0 Å². The standard InChI is InChI=1S/C19H23NO4S/c1-24-19(21)14-18(20-11-5-2-6-12-20)25(22,23)17-10-9-15-7-3-4-8-16(15)13-17/h3-4,7-10,13,18H,2,5-6,11-12,14H2,1H3/t18-/m0/s1. The van der Waals surface area contributed by atoms with Crippen LogP contribution in [0.1, 0.15) is 25.7 Å². The molecule has 1 aliphatic heterocycles. The Morgan fingerprint density at radius 3 is 2.44 bits per heavy atom. The highest BCUT2D eigenvalue weighted by Crippen LogP contribution is 2.27. The number of benzene rings is 2. The number of hydrogen-bond acceptors (Lipinski definition) is 5. The van der Waals surface area contributed by atoms with Gasteiger partial charge in [-0.25, -0.2) is 8.42 Å². The van der Waals surface area contributed by atoms with E-state index in [1.165, 1.54) is 7.11 Å². The van der Waals surface area contributed by atoms with E-state index in [1.807, 2.05) is 35.2 Å². The third kappa shape index (κ3) is 3.85. The molecule has 0 radical (unpaired) electrons. The van der Waals surface area contributed by atoms with E-state index in [0.717, 1.165) is 30.0 Å². The van der Waals surface area contributed by atoms with Gasteiger partial charge >= 0.3 is 5.97 Å². The van der Waals surface area contributed by atoms with E-state index in [-0.39, 0.29) is 11.3 Å². The summed E-state index contributed by atoms with van der Waals surface area (Å²) in [5.41, 5.74) is 0. The Labute approximate surface area is 148 Å². The van der Waals surface area contributed by atoms with Gasteiger partial charge in [-0.05, 0) is 48.8 Å². The van der Waals surface area contributed by atoms with Gasteiger partial charge < -0.3 is 4.74 Å². The molecule has 0 N–H and O–H groups in total. The lowest BCUT2D eigenvalue weighted by Crippen LogP contribution is -2.45. The van der Waals surface area contributed by atoms with Gasteiger partial charge in [0.1, 0.15) is 5.37 Å². The van der Waals surface area contributed by atoms with Crippen LogP contribution in [0.2, 0.25) is 0 Å². The van der Waals surface area contributed by atoms with Crippen LogP contribution in [-0.4, -0.2) is 44.9 Å². The lowest BCUT2D eigenvalue weighted by molar-refractivity contribution is -0.141. The maximum absolute atomic E-state index is 13.3. The van der Waals surface area contributed by atoms with Crippen molar-refractivity contribution < 1.29 is 17.9 Å². The lowest BCUT2D eigenvalue weighted by Gasteiger charge is -2.33. The Kier molecular flexibility index (Phi) is 5.39. The molecule has 6 heteroatoms. The van der Waals surface area contributed by atoms with E-state index >= 15 is 0 Å². The van der Waals surface area contributed by atoms with Crippen molar-refractivity contribution in [1.82, 2.24) is 4.90 Å². The Balaban J connectivity index is 1.99. The van der Waals surface area contributed by atoms with Gasteiger partial charge in [-0.3, -0.25) is 9.69 Å². The average Bonchev–Trinajstić information content (AvgIpc) is 2.66. The molecule has 0 saturated carbocycles. The number of nitrogens with zero attached hydrogens (tertiary/aromatic N) is 1. The zero-order chi connectivity index (χ0) is 17.9. The minimum atomic E-state index is -3.67. The van der Waals surface area contributed by atoms with Gasteiger partial charge in [-0.15, -0.1) is 0 Å². The summed E-state index contributed by atoms with van der Waals surface area (Å²) in [5.74, 6) is -0.500. The second kappa shape index (κ2) is 7.54. The lowest BCUT2D eigenvalue weighted by atomic mass is 10.1. The van der Waals surface area contributed by atoms with Crippen LogP contribution in [0.15, 0.2) is 47.4 Å². The number of ether oxygens (including phenoxy) is 1. The Bertz CT molecular complexity index is 857. The Morgan fingerprint density at radius 1 is 1.08 bits per heavy atom. The first-order chi connectivity index (χ1) is 12.0. The second-order valence-electron chi connectivity index (χ2n) is 6.39. The summed E-state index contributed by atoms with van der Waals surface area (Å²) < 4.78 is 31.3. The van der Waals surface area contributed by atoms with Gasteiger partial charge in [0.05, 0.1) is 18.4 Å². The molecule has 2 aromatic rings. The summed E-state index contributed by atoms with van der Waals surface area (Å²) in [7, 11) is -2.38. The van der Waals surface area contributed by atoms with Crippen molar-refractivity contribution in [3.63, 3.8) is 0 Å². The van der Waals surface area contributed by atoms with Crippen molar-refractivity contribution in [2.24, 2.45) is 0 Å². The van der Waals surface area contributed by atoms with Crippen molar-refractivity contribution in [3.8, 4) is 0 Å². The SMILES string of the molecule is COC(=O)C[C@@H](N1CCCCC1)S(=O)(=O)c1ccc2ccccc2c1. The number of esters is 1. The number of fused-ring (bicyclic) bond motifs is 1. The van der Waals surface area contributed by atoms with E-state index in [0.29, 0.717) is 13.1 Å². The smallest absolute Gasteiger partial charge is 0.308 e. The van der Waals surface area contributed by atoms with Crippen molar-refractivity contribution in [1.29, 1.82) is 0 Å². The molecule has 0 bridgehead atoms. The maximum atomic E-state index is 13.3. The second-order valence-corrected chi connectivity index (χ2v) is 8.49. The molecule has 0 aromatic heterocycles. The Hall–Kier alpha value is -1.92.